The van der Waals surface area contributed by atoms with Crippen LogP contribution >= 0.6 is 22.7 Å². The lowest BCUT2D eigenvalue weighted by Gasteiger charge is -2.29. The van der Waals surface area contributed by atoms with Gasteiger partial charge in [-0.1, -0.05) is 35.6 Å². The number of carboxylic acids is 1. The smallest absolute Gasteiger partial charge is 0.355 e. The minimum absolute atomic E-state index is 0.00346. The molecule has 8 nitrogen and oxygen atoms in total. The standard InChI is InChI=1S/C24H22N4O4S2/c29-12-4-9-19-20(22(31)32)26-24(34-19)28-11-10-14-5-3-6-15(16(14)13-28)21(30)27-23-25-17-7-1-2-8-18(17)33-23/h1-3,5-8,29H,4,9-13H2,(H,31,32)(H,25,27,30). The maximum absolute atomic E-state index is 13.2. The van der Waals surface area contributed by atoms with Gasteiger partial charge in [-0.25, -0.2) is 14.8 Å². The highest BCUT2D eigenvalue weighted by Crippen LogP contribution is 2.33. The zero-order valence-electron chi connectivity index (χ0n) is 18.2. The molecule has 0 fully saturated rings. The number of para-hydroxylation sites is 1. The Bertz CT molecular complexity index is 1350. The molecule has 0 bridgehead atoms. The van der Waals surface area contributed by atoms with Crippen molar-refractivity contribution in [3.8, 4) is 0 Å². The molecule has 3 heterocycles. The van der Waals surface area contributed by atoms with Gasteiger partial charge in [0.25, 0.3) is 5.91 Å². The van der Waals surface area contributed by atoms with Crippen molar-refractivity contribution in [3.63, 3.8) is 0 Å². The van der Waals surface area contributed by atoms with Gasteiger partial charge < -0.3 is 15.1 Å². The lowest BCUT2D eigenvalue weighted by Crippen LogP contribution is -2.32. The van der Waals surface area contributed by atoms with Crippen LogP contribution in [0.1, 0.15) is 43.3 Å². The van der Waals surface area contributed by atoms with Crippen molar-refractivity contribution in [3.05, 3.63) is 69.7 Å². The predicted octanol–water partition coefficient (Wildman–Crippen LogP) is 4.19. The number of aliphatic hydroxyl groups excluding tert-OH is 1. The van der Waals surface area contributed by atoms with Crippen LogP contribution in [0.2, 0.25) is 0 Å². The zero-order chi connectivity index (χ0) is 23.7. The SMILES string of the molecule is O=C(Nc1nc2ccccc2s1)c1cccc2c1CN(c1nc(C(=O)O)c(CCCO)s1)CC2. The van der Waals surface area contributed by atoms with E-state index in [1.54, 1.807) is 0 Å². The third kappa shape index (κ3) is 4.39. The molecule has 3 N–H and O–H groups in total. The Morgan fingerprint density at radius 1 is 1.09 bits per heavy atom. The largest absolute Gasteiger partial charge is 0.476 e. The summed E-state index contributed by atoms with van der Waals surface area (Å²) in [6, 6.07) is 13.5. The highest BCUT2D eigenvalue weighted by atomic mass is 32.1. The van der Waals surface area contributed by atoms with Crippen LogP contribution in [0.25, 0.3) is 10.2 Å². The van der Waals surface area contributed by atoms with Crippen LogP contribution in [0.15, 0.2) is 42.5 Å². The molecule has 0 saturated heterocycles. The highest BCUT2D eigenvalue weighted by Gasteiger charge is 2.26. The number of thiazole rings is 2. The number of benzene rings is 2. The van der Waals surface area contributed by atoms with Gasteiger partial charge in [-0.3, -0.25) is 10.1 Å². The number of aromatic carboxylic acids is 1. The molecule has 0 saturated carbocycles. The molecule has 34 heavy (non-hydrogen) atoms. The van der Waals surface area contributed by atoms with Gasteiger partial charge in [0.2, 0.25) is 0 Å². The van der Waals surface area contributed by atoms with E-state index >= 15 is 0 Å². The number of aliphatic hydroxyl groups is 1. The number of nitrogens with zero attached hydrogens (tertiary/aromatic N) is 3. The van der Waals surface area contributed by atoms with Crippen molar-refractivity contribution >= 4 is 55.0 Å². The number of aryl methyl sites for hydroxylation is 1. The Kier molecular flexibility index (Phi) is 6.27. The first kappa shape index (κ1) is 22.5. The quantitative estimate of drug-likeness (QED) is 0.353. The molecule has 2 aromatic carbocycles. The van der Waals surface area contributed by atoms with Gasteiger partial charge in [0.1, 0.15) is 0 Å². The third-order valence-electron chi connectivity index (χ3n) is 5.75. The fourth-order valence-electron chi connectivity index (χ4n) is 4.10. The summed E-state index contributed by atoms with van der Waals surface area (Å²) in [7, 11) is 0. The normalized spacial score (nSPS) is 13.1. The lowest BCUT2D eigenvalue weighted by atomic mass is 9.94. The van der Waals surface area contributed by atoms with E-state index in [1.807, 2.05) is 47.4 Å². The summed E-state index contributed by atoms with van der Waals surface area (Å²) in [5, 5.41) is 22.8. The molecule has 1 aliphatic rings. The van der Waals surface area contributed by atoms with Gasteiger partial charge in [-0.05, 0) is 48.6 Å². The molecule has 2 aromatic heterocycles. The van der Waals surface area contributed by atoms with Gasteiger partial charge in [-0.2, -0.15) is 0 Å². The molecule has 0 radical (unpaired) electrons. The van der Waals surface area contributed by atoms with E-state index in [1.165, 1.54) is 22.7 Å². The fourth-order valence-corrected chi connectivity index (χ4v) is 6.08. The van der Waals surface area contributed by atoms with Crippen LogP contribution < -0.4 is 10.2 Å². The molecule has 174 valence electrons. The van der Waals surface area contributed by atoms with E-state index in [-0.39, 0.29) is 18.2 Å². The summed E-state index contributed by atoms with van der Waals surface area (Å²) in [5.41, 5.74) is 3.48. The molecule has 1 aliphatic heterocycles. The Morgan fingerprint density at radius 3 is 2.74 bits per heavy atom. The topological polar surface area (TPSA) is 116 Å². The second-order valence-corrected chi connectivity index (χ2v) is 10.0. The number of rotatable bonds is 7. The molecule has 0 aliphatic carbocycles. The highest BCUT2D eigenvalue weighted by molar-refractivity contribution is 7.22. The zero-order valence-corrected chi connectivity index (χ0v) is 19.8. The summed E-state index contributed by atoms with van der Waals surface area (Å²) >= 11 is 2.78. The first-order chi connectivity index (χ1) is 16.5. The number of carbonyl (C=O) groups excluding carboxylic acids is 1. The maximum Gasteiger partial charge on any atom is 0.355 e. The second kappa shape index (κ2) is 9.49. The van der Waals surface area contributed by atoms with E-state index in [9.17, 15) is 14.7 Å². The van der Waals surface area contributed by atoms with Crippen LogP contribution in [0, 0.1) is 0 Å². The van der Waals surface area contributed by atoms with Crippen molar-refractivity contribution < 1.29 is 19.8 Å². The number of nitrogens with one attached hydrogen (secondary N) is 1. The minimum atomic E-state index is -1.07. The predicted molar refractivity (Wildman–Crippen MR) is 133 cm³/mol. The number of anilines is 2. The monoisotopic (exact) mass is 494 g/mol. The number of hydrogen-bond donors (Lipinski definition) is 3. The Hall–Kier alpha value is -3.34. The van der Waals surface area contributed by atoms with E-state index in [4.69, 9.17) is 5.11 Å². The van der Waals surface area contributed by atoms with E-state index in [0.29, 0.717) is 46.6 Å². The fraction of sp³-hybridized carbons (Fsp3) is 0.250. The van der Waals surface area contributed by atoms with E-state index in [2.05, 4.69) is 15.3 Å². The number of aromatic nitrogens is 2. The van der Waals surface area contributed by atoms with Crippen molar-refractivity contribution in [2.75, 3.05) is 23.4 Å². The molecule has 0 unspecified atom stereocenters. The minimum Gasteiger partial charge on any atom is -0.476 e. The Morgan fingerprint density at radius 2 is 1.94 bits per heavy atom. The first-order valence-corrected chi connectivity index (χ1v) is 12.5. The number of fused-ring (bicyclic) bond motifs is 2. The van der Waals surface area contributed by atoms with Gasteiger partial charge in [-0.15, -0.1) is 11.3 Å². The van der Waals surface area contributed by atoms with Gasteiger partial charge in [0.15, 0.2) is 16.0 Å². The summed E-state index contributed by atoms with van der Waals surface area (Å²) in [6.07, 6.45) is 1.68. The maximum atomic E-state index is 13.2. The van der Waals surface area contributed by atoms with Gasteiger partial charge >= 0.3 is 5.97 Å². The Balaban J connectivity index is 1.40. The van der Waals surface area contributed by atoms with E-state index in [0.717, 1.165) is 27.8 Å². The molecule has 4 aromatic rings. The van der Waals surface area contributed by atoms with Crippen LogP contribution in [0.5, 0.6) is 0 Å². The molecule has 10 heteroatoms. The van der Waals surface area contributed by atoms with Crippen LogP contribution in [0.3, 0.4) is 0 Å². The lowest BCUT2D eigenvalue weighted by molar-refractivity contribution is 0.0690. The Labute approximate surface area is 203 Å². The van der Waals surface area contributed by atoms with Crippen LogP contribution in [-0.2, 0) is 19.4 Å². The summed E-state index contributed by atoms with van der Waals surface area (Å²) in [6.45, 7) is 1.14. The third-order valence-corrected chi connectivity index (χ3v) is 7.88. The molecular formula is C24H22N4O4S2. The average molecular weight is 495 g/mol. The van der Waals surface area contributed by atoms with Gasteiger partial charge in [0, 0.05) is 30.1 Å². The van der Waals surface area contributed by atoms with Crippen LogP contribution in [-0.4, -0.2) is 45.2 Å². The molecule has 5 rings (SSSR count). The van der Waals surface area contributed by atoms with Crippen molar-refractivity contribution in [1.29, 1.82) is 0 Å². The summed E-state index contributed by atoms with van der Waals surface area (Å²) in [5.74, 6) is -1.28. The summed E-state index contributed by atoms with van der Waals surface area (Å²) < 4.78 is 1.01. The van der Waals surface area contributed by atoms with Gasteiger partial charge in [0.05, 0.1) is 10.2 Å². The average Bonchev–Trinajstić information content (AvgIpc) is 3.45. The molecule has 1 amide bonds. The molecule has 0 atom stereocenters. The molecule has 0 spiro atoms. The molecular weight excluding hydrogens is 472 g/mol. The van der Waals surface area contributed by atoms with Crippen LogP contribution in [0.4, 0.5) is 10.3 Å². The first-order valence-electron chi connectivity index (χ1n) is 10.9. The number of amides is 1. The van der Waals surface area contributed by atoms with Crippen molar-refractivity contribution in [2.24, 2.45) is 0 Å². The number of hydrogen-bond acceptors (Lipinski definition) is 8. The second-order valence-electron chi connectivity index (χ2n) is 7.96. The number of carboxylic acid groups (broad SMARTS) is 1. The number of carbonyl (C=O) groups is 2. The van der Waals surface area contributed by atoms with Crippen molar-refractivity contribution in [1.82, 2.24) is 9.97 Å². The summed E-state index contributed by atoms with van der Waals surface area (Å²) in [4.78, 5) is 36.4. The van der Waals surface area contributed by atoms with Crippen molar-refractivity contribution in [2.45, 2.75) is 25.8 Å². The van der Waals surface area contributed by atoms with E-state index < -0.39 is 5.97 Å².